The second-order valence-corrected chi connectivity index (χ2v) is 5.95. The van der Waals surface area contributed by atoms with E-state index in [2.05, 4.69) is 0 Å². The number of rotatable bonds is 6. The summed E-state index contributed by atoms with van der Waals surface area (Å²) in [5.74, 6) is -2.99. The number of nitrogens with zero attached hydrogens (tertiary/aromatic N) is 1. The van der Waals surface area contributed by atoms with Gasteiger partial charge in [-0.15, -0.1) is 0 Å². The third-order valence-corrected chi connectivity index (χ3v) is 3.87. The number of hydrogen-bond acceptors (Lipinski definition) is 9. The van der Waals surface area contributed by atoms with Crippen LogP contribution < -0.4 is 11.2 Å². The summed E-state index contributed by atoms with van der Waals surface area (Å²) in [5, 5.41) is 0. The van der Waals surface area contributed by atoms with E-state index in [-0.39, 0.29) is 5.56 Å². The number of aromatic amines is 1. The van der Waals surface area contributed by atoms with Crippen molar-refractivity contribution in [3.8, 4) is 0 Å². The van der Waals surface area contributed by atoms with E-state index >= 15 is 0 Å². The van der Waals surface area contributed by atoms with Crippen LogP contribution in [0, 0.1) is 0 Å². The molecule has 1 aromatic heterocycles. The normalized spacial score (nSPS) is 25.1. The van der Waals surface area contributed by atoms with Crippen molar-refractivity contribution in [2.24, 2.45) is 0 Å². The Morgan fingerprint density at radius 2 is 1.86 bits per heavy atom. The molecule has 4 atom stereocenters. The van der Waals surface area contributed by atoms with Gasteiger partial charge in [-0.05, 0) is 6.08 Å². The molecule has 1 aromatic rings. The zero-order valence-corrected chi connectivity index (χ0v) is 15.6. The van der Waals surface area contributed by atoms with Crippen LogP contribution in [0.1, 0.15) is 36.6 Å². The molecule has 29 heavy (non-hydrogen) atoms. The van der Waals surface area contributed by atoms with Gasteiger partial charge in [0.05, 0.1) is 5.56 Å². The van der Waals surface area contributed by atoms with Gasteiger partial charge in [-0.1, -0.05) is 11.6 Å². The molecule has 1 aliphatic rings. The fourth-order valence-electron chi connectivity index (χ4n) is 2.69. The average Bonchev–Trinajstić information content (AvgIpc) is 3.10. The van der Waals surface area contributed by atoms with Gasteiger partial charge in [0.15, 0.2) is 18.4 Å². The van der Waals surface area contributed by atoms with Gasteiger partial charge in [-0.2, -0.15) is 0 Å². The molecule has 0 saturated carbocycles. The van der Waals surface area contributed by atoms with Gasteiger partial charge in [-0.3, -0.25) is 28.7 Å². The van der Waals surface area contributed by atoms with Crippen LogP contribution in [0.3, 0.4) is 0 Å². The van der Waals surface area contributed by atoms with Crippen molar-refractivity contribution >= 4 is 35.6 Å². The number of esters is 3. The molecule has 0 aromatic carbocycles. The third-order valence-electron chi connectivity index (χ3n) is 3.74. The lowest BCUT2D eigenvalue weighted by atomic mass is 10.1. The smallest absolute Gasteiger partial charge is 0.330 e. The Hall–Kier alpha value is -2.92. The Balaban J connectivity index is 2.53. The predicted octanol–water partition coefficient (Wildman–Crippen LogP) is 0.0700. The number of aromatic nitrogens is 2. The van der Waals surface area contributed by atoms with Gasteiger partial charge in [-0.25, -0.2) is 4.79 Å². The van der Waals surface area contributed by atoms with Crippen LogP contribution in [0.2, 0.25) is 0 Å². The fraction of sp³-hybridized carbons (Fsp3) is 0.471. The Kier molecular flexibility index (Phi) is 5.95. The monoisotopic (exact) mass is 433 g/mol. The maximum absolute atomic E-state index is 12.4. The second kappa shape index (κ2) is 9.52. The van der Waals surface area contributed by atoms with Crippen LogP contribution in [0.25, 0.3) is 6.08 Å². The van der Waals surface area contributed by atoms with E-state index in [9.17, 15) is 24.0 Å². The molecule has 0 amide bonds. The van der Waals surface area contributed by atoms with E-state index in [0.29, 0.717) is 0 Å². The lowest BCUT2D eigenvalue weighted by Gasteiger charge is -2.24. The first-order chi connectivity index (χ1) is 15.2. The van der Waals surface area contributed by atoms with Gasteiger partial charge < -0.3 is 18.9 Å². The lowest BCUT2D eigenvalue weighted by Crippen LogP contribution is -2.42. The summed E-state index contributed by atoms with van der Waals surface area (Å²) in [5.41, 5.74) is -0.765. The molecule has 1 fully saturated rings. The molecule has 1 N–H and O–H groups in total. The number of carbonyl (C=O) groups excluding carboxylic acids is 3. The number of halogens is 1. The summed E-state index contributed by atoms with van der Waals surface area (Å²) in [6.45, 7) is -2.83. The highest BCUT2D eigenvalue weighted by Crippen LogP contribution is 2.33. The van der Waals surface area contributed by atoms with Crippen LogP contribution >= 0.6 is 11.6 Å². The van der Waals surface area contributed by atoms with Crippen LogP contribution in [0.4, 0.5) is 0 Å². The minimum atomic E-state index is -1.50. The minimum absolute atomic E-state index is 0.0578. The Morgan fingerprint density at radius 3 is 2.48 bits per heavy atom. The highest BCUT2D eigenvalue weighted by Gasteiger charge is 2.51. The summed E-state index contributed by atoms with van der Waals surface area (Å²) in [6.07, 6.45) is -3.42. The van der Waals surface area contributed by atoms with Crippen molar-refractivity contribution in [2.75, 3.05) is 6.61 Å². The van der Waals surface area contributed by atoms with Crippen molar-refractivity contribution in [2.45, 2.75) is 45.2 Å². The van der Waals surface area contributed by atoms with E-state index in [4.69, 9.17) is 34.7 Å². The number of hydrogen-bond donors (Lipinski definition) is 1. The summed E-state index contributed by atoms with van der Waals surface area (Å²) >= 11 is 5.50. The maximum Gasteiger partial charge on any atom is 0.330 e. The molecule has 2 rings (SSSR count). The first-order valence-corrected chi connectivity index (χ1v) is 8.39. The predicted molar refractivity (Wildman–Crippen MR) is 97.9 cm³/mol. The number of carbonyl (C=O) groups is 3. The highest BCUT2D eigenvalue weighted by molar-refractivity contribution is 6.27. The molecule has 0 bridgehead atoms. The van der Waals surface area contributed by atoms with E-state index < -0.39 is 81.0 Å². The van der Waals surface area contributed by atoms with Crippen molar-refractivity contribution in [1.82, 2.24) is 9.55 Å². The van der Waals surface area contributed by atoms with Crippen LogP contribution in [0.15, 0.2) is 21.3 Å². The van der Waals surface area contributed by atoms with Crippen LogP contribution in [-0.2, 0) is 33.3 Å². The molecule has 0 spiro atoms. The molecule has 1 aliphatic heterocycles. The molecule has 1 saturated heterocycles. The largest absolute Gasteiger partial charge is 0.463 e. The van der Waals surface area contributed by atoms with Crippen molar-refractivity contribution in [3.63, 3.8) is 0 Å². The van der Waals surface area contributed by atoms with Gasteiger partial charge in [0.2, 0.25) is 0 Å². The molecule has 158 valence electrons. The zero-order chi connectivity index (χ0) is 23.8. The molecular weight excluding hydrogens is 412 g/mol. The Labute approximate surface area is 173 Å². The summed E-state index contributed by atoms with van der Waals surface area (Å²) in [7, 11) is 0. The fourth-order valence-corrected chi connectivity index (χ4v) is 2.82. The van der Waals surface area contributed by atoms with Crippen molar-refractivity contribution < 1.29 is 37.4 Å². The van der Waals surface area contributed by atoms with Gasteiger partial charge in [0.25, 0.3) is 5.56 Å². The minimum Gasteiger partial charge on any atom is -0.463 e. The topological polar surface area (TPSA) is 143 Å². The number of ether oxygens (including phenoxy) is 4. The van der Waals surface area contributed by atoms with Crippen LogP contribution in [0.5, 0.6) is 0 Å². The van der Waals surface area contributed by atoms with Gasteiger partial charge >= 0.3 is 23.6 Å². The molecule has 12 heteroatoms. The van der Waals surface area contributed by atoms with E-state index in [1.165, 1.54) is 6.08 Å². The third kappa shape index (κ3) is 5.55. The van der Waals surface area contributed by atoms with Gasteiger partial charge in [0.1, 0.15) is 12.7 Å². The number of H-pyrrole nitrogens is 1. The highest BCUT2D eigenvalue weighted by atomic mass is 35.5. The standard InChI is InChI=1S/C17H19ClN2O9/c1-8(21)26-7-12-13(27-9(2)22)14(28-10(3)23)16(29-12)20-6-11(4-5-18)15(24)19-17(20)25/h4-6,12-14,16H,7H2,1-3H3,(H,19,24,25)/t12-,13+,14-,16?/m1/s1/i1D,2D,3D. The SMILES string of the molecule is [2H]CC(=O)OC[C@H]1OC(n2cc(C=CCl)c(=O)[nH]c2=O)[C@H](OC(=O)C[2H])[C@H]1OC(=O)C[2H]. The van der Waals surface area contributed by atoms with Crippen LogP contribution in [-0.4, -0.2) is 52.4 Å². The quantitative estimate of drug-likeness (QED) is 0.486. The Morgan fingerprint density at radius 1 is 1.21 bits per heavy atom. The van der Waals surface area contributed by atoms with E-state index in [1.54, 1.807) is 0 Å². The Bertz CT molecular complexity index is 996. The molecule has 0 aliphatic carbocycles. The van der Waals surface area contributed by atoms with Crippen molar-refractivity contribution in [1.29, 1.82) is 0 Å². The van der Waals surface area contributed by atoms with E-state index in [0.717, 1.165) is 16.3 Å². The molecule has 11 nitrogen and oxygen atoms in total. The maximum atomic E-state index is 12.4. The zero-order valence-electron chi connectivity index (χ0n) is 17.9. The summed E-state index contributed by atoms with van der Waals surface area (Å²) < 4.78 is 43.0. The van der Waals surface area contributed by atoms with Gasteiger partial charge in [0, 0.05) is 36.5 Å². The molecule has 2 heterocycles. The molecular formula is C17H19ClN2O9. The number of nitrogens with one attached hydrogen (secondary N) is 1. The first kappa shape index (κ1) is 18.1. The lowest BCUT2D eigenvalue weighted by molar-refractivity contribution is -0.166. The molecule has 0 radical (unpaired) electrons. The van der Waals surface area contributed by atoms with Crippen molar-refractivity contribution in [3.05, 3.63) is 38.1 Å². The first-order valence-electron chi connectivity index (χ1n) is 10.1. The summed E-state index contributed by atoms with van der Waals surface area (Å²) in [6, 6.07) is 0. The average molecular weight is 434 g/mol. The molecule has 1 unspecified atom stereocenters. The van der Waals surface area contributed by atoms with E-state index in [1.807, 2.05) is 4.98 Å². The summed E-state index contributed by atoms with van der Waals surface area (Å²) in [4.78, 5) is 61.4. The second-order valence-electron chi connectivity index (χ2n) is 5.70.